The molecule has 0 spiro atoms. The molecule has 3 rings (SSSR count). The Kier molecular flexibility index (Phi) is 3.54. The van der Waals surface area contributed by atoms with E-state index in [0.717, 1.165) is 12.2 Å². The summed E-state index contributed by atoms with van der Waals surface area (Å²) in [7, 11) is 0. The quantitative estimate of drug-likeness (QED) is 0.759. The van der Waals surface area contributed by atoms with Gasteiger partial charge in [0.25, 0.3) is 0 Å². The first-order valence-corrected chi connectivity index (χ1v) is 6.93. The summed E-state index contributed by atoms with van der Waals surface area (Å²) in [5.41, 5.74) is 0.526. The van der Waals surface area contributed by atoms with Gasteiger partial charge in [0.15, 0.2) is 22.9 Å². The van der Waals surface area contributed by atoms with Crippen molar-refractivity contribution >= 4 is 41.0 Å². The topological polar surface area (TPSA) is 20.7 Å². The summed E-state index contributed by atoms with van der Waals surface area (Å²) in [6.07, 6.45) is -2.23. The highest BCUT2D eigenvalue weighted by Gasteiger charge is 2.30. The smallest absolute Gasteiger partial charge is 0.188 e. The number of hydrogen-bond acceptors (Lipinski definition) is 2. The lowest BCUT2D eigenvalue weighted by atomic mass is 10.1. The molecule has 1 aromatic heterocycles. The third kappa shape index (κ3) is 2.26. The van der Waals surface area contributed by atoms with Crippen molar-refractivity contribution in [1.29, 1.82) is 0 Å². The van der Waals surface area contributed by atoms with Crippen LogP contribution in [0.3, 0.4) is 0 Å². The molecule has 21 heavy (non-hydrogen) atoms. The number of nitrogens with zero attached hydrogens (tertiary/aromatic N) is 1. The van der Waals surface area contributed by atoms with E-state index in [-0.39, 0.29) is 15.1 Å². The van der Waals surface area contributed by atoms with E-state index in [1.54, 1.807) is 24.3 Å². The molecular formula is C14H9F3N2S2. The minimum Gasteiger partial charge on any atom is -0.331 e. The molecule has 1 heterocycles. The molecule has 1 aliphatic rings. The number of rotatable bonds is 1. The van der Waals surface area contributed by atoms with E-state index < -0.39 is 18.2 Å². The first-order valence-electron chi connectivity index (χ1n) is 6.11. The minimum atomic E-state index is -2.34. The Balaban J connectivity index is 2.34. The molecule has 0 radical (unpaired) electrons. The van der Waals surface area contributed by atoms with Crippen LogP contribution in [0, 0.1) is 9.41 Å². The normalized spacial score (nSPS) is 22.0. The van der Waals surface area contributed by atoms with Crippen LogP contribution in [0.15, 0.2) is 42.2 Å². The summed E-state index contributed by atoms with van der Waals surface area (Å²) < 4.78 is 42.3. The second-order valence-electron chi connectivity index (χ2n) is 4.55. The Bertz CT molecular complexity index is 895. The van der Waals surface area contributed by atoms with Crippen molar-refractivity contribution in [1.82, 2.24) is 9.55 Å². The zero-order chi connectivity index (χ0) is 15.1. The van der Waals surface area contributed by atoms with E-state index in [1.807, 2.05) is 0 Å². The molecule has 1 aliphatic carbocycles. The molecule has 0 fully saturated rings. The summed E-state index contributed by atoms with van der Waals surface area (Å²) in [5, 5.41) is 0.646. The van der Waals surface area contributed by atoms with Gasteiger partial charge in [-0.1, -0.05) is 24.4 Å². The molecular weight excluding hydrogens is 317 g/mol. The number of nitrogens with one attached hydrogen (secondary N) is 1. The Labute approximate surface area is 128 Å². The SMILES string of the molecule is FC1=C(n2c(=S)[nH]c3ccccc3c2=S)C=CC(F)C1F. The molecule has 1 N–H and O–H groups in total. The van der Waals surface area contributed by atoms with Crippen molar-refractivity contribution in [2.45, 2.75) is 12.3 Å². The van der Waals surface area contributed by atoms with Crippen LogP contribution in [0.2, 0.25) is 0 Å². The van der Waals surface area contributed by atoms with Gasteiger partial charge in [0.05, 0.1) is 11.2 Å². The number of benzene rings is 1. The Morgan fingerprint density at radius 1 is 1.14 bits per heavy atom. The number of H-pyrrole nitrogens is 1. The third-order valence-electron chi connectivity index (χ3n) is 3.25. The largest absolute Gasteiger partial charge is 0.331 e. The van der Waals surface area contributed by atoms with Gasteiger partial charge in [0.2, 0.25) is 0 Å². The number of allylic oxidation sites excluding steroid dienone is 4. The van der Waals surface area contributed by atoms with Crippen LogP contribution in [-0.4, -0.2) is 21.9 Å². The molecule has 7 heteroatoms. The monoisotopic (exact) mass is 326 g/mol. The maximum atomic E-state index is 14.0. The summed E-state index contributed by atoms with van der Waals surface area (Å²) in [5.74, 6) is -1.21. The zero-order valence-electron chi connectivity index (χ0n) is 10.5. The van der Waals surface area contributed by atoms with Crippen molar-refractivity contribution in [3.8, 4) is 0 Å². The lowest BCUT2D eigenvalue weighted by molar-refractivity contribution is 0.207. The van der Waals surface area contributed by atoms with Gasteiger partial charge < -0.3 is 4.98 Å². The van der Waals surface area contributed by atoms with Crippen molar-refractivity contribution in [2.24, 2.45) is 0 Å². The van der Waals surface area contributed by atoms with Gasteiger partial charge in [-0.3, -0.25) is 4.57 Å². The average molecular weight is 326 g/mol. The summed E-state index contributed by atoms with van der Waals surface area (Å²) in [4.78, 5) is 2.90. The van der Waals surface area contributed by atoms with Crippen molar-refractivity contribution in [3.63, 3.8) is 0 Å². The van der Waals surface area contributed by atoms with Crippen LogP contribution in [0.4, 0.5) is 13.2 Å². The molecule has 0 bridgehead atoms. The maximum Gasteiger partial charge on any atom is 0.188 e. The minimum absolute atomic E-state index is 0.123. The van der Waals surface area contributed by atoms with Crippen molar-refractivity contribution in [3.05, 3.63) is 51.7 Å². The standard InChI is InChI=1S/C14H9F3N2S2/c15-8-5-6-10(12(17)11(8)16)19-13(20)7-3-1-2-4-9(7)18-14(19)21/h1-6,8,11H,(H,18,21). The molecule has 0 amide bonds. The van der Waals surface area contributed by atoms with Gasteiger partial charge in [0, 0.05) is 5.39 Å². The summed E-state index contributed by atoms with van der Waals surface area (Å²) in [6, 6.07) is 7.10. The lowest BCUT2D eigenvalue weighted by Gasteiger charge is -2.19. The highest BCUT2D eigenvalue weighted by molar-refractivity contribution is 7.72. The van der Waals surface area contributed by atoms with Gasteiger partial charge in [-0.2, -0.15) is 0 Å². The van der Waals surface area contributed by atoms with Gasteiger partial charge >= 0.3 is 0 Å². The van der Waals surface area contributed by atoms with Gasteiger partial charge in [-0.05, 0) is 36.5 Å². The molecule has 108 valence electrons. The van der Waals surface area contributed by atoms with Gasteiger partial charge in [-0.25, -0.2) is 13.2 Å². The van der Waals surface area contributed by atoms with E-state index in [4.69, 9.17) is 24.4 Å². The van der Waals surface area contributed by atoms with Crippen molar-refractivity contribution < 1.29 is 13.2 Å². The first kappa shape index (κ1) is 14.2. The van der Waals surface area contributed by atoms with E-state index in [1.165, 1.54) is 4.57 Å². The fourth-order valence-corrected chi connectivity index (χ4v) is 2.93. The summed E-state index contributed by atoms with van der Waals surface area (Å²) >= 11 is 10.5. The fraction of sp³-hybridized carbons (Fsp3) is 0.143. The summed E-state index contributed by atoms with van der Waals surface area (Å²) in [6.45, 7) is 0. The van der Waals surface area contributed by atoms with Crippen LogP contribution in [0.5, 0.6) is 0 Å². The predicted molar refractivity (Wildman–Crippen MR) is 81.2 cm³/mol. The van der Waals surface area contributed by atoms with E-state index in [0.29, 0.717) is 10.9 Å². The number of aromatic amines is 1. The molecule has 2 aromatic rings. The fourth-order valence-electron chi connectivity index (χ4n) is 2.20. The lowest BCUT2D eigenvalue weighted by Crippen LogP contribution is -2.21. The molecule has 2 nitrogen and oxygen atoms in total. The predicted octanol–water partition coefficient (Wildman–Crippen LogP) is 4.81. The van der Waals surface area contributed by atoms with Crippen LogP contribution in [-0.2, 0) is 0 Å². The van der Waals surface area contributed by atoms with E-state index in [2.05, 4.69) is 4.98 Å². The number of alkyl halides is 2. The molecule has 0 saturated heterocycles. The molecule has 2 atom stereocenters. The Hall–Kier alpha value is -1.73. The van der Waals surface area contributed by atoms with Crippen LogP contribution >= 0.6 is 24.4 Å². The Morgan fingerprint density at radius 3 is 2.62 bits per heavy atom. The molecule has 0 saturated carbocycles. The highest BCUT2D eigenvalue weighted by Crippen LogP contribution is 2.30. The van der Waals surface area contributed by atoms with Crippen LogP contribution < -0.4 is 0 Å². The Morgan fingerprint density at radius 2 is 1.86 bits per heavy atom. The number of halogens is 3. The van der Waals surface area contributed by atoms with Crippen LogP contribution in [0.25, 0.3) is 16.6 Å². The molecule has 0 aliphatic heterocycles. The number of fused-ring (bicyclic) bond motifs is 1. The number of hydrogen-bond donors (Lipinski definition) is 1. The maximum absolute atomic E-state index is 14.0. The first-order chi connectivity index (χ1) is 10.0. The second kappa shape index (κ2) is 5.23. The second-order valence-corrected chi connectivity index (χ2v) is 5.33. The van der Waals surface area contributed by atoms with Crippen LogP contribution in [0.1, 0.15) is 0 Å². The average Bonchev–Trinajstić information content (AvgIpc) is 2.47. The third-order valence-corrected chi connectivity index (χ3v) is 3.94. The molecule has 2 unspecified atom stereocenters. The van der Waals surface area contributed by atoms with Crippen molar-refractivity contribution in [2.75, 3.05) is 0 Å². The number of aromatic nitrogens is 2. The molecule has 1 aromatic carbocycles. The van der Waals surface area contributed by atoms with Gasteiger partial charge in [-0.15, -0.1) is 0 Å². The van der Waals surface area contributed by atoms with E-state index in [9.17, 15) is 13.2 Å². The zero-order valence-corrected chi connectivity index (χ0v) is 12.1. The van der Waals surface area contributed by atoms with Gasteiger partial charge in [0.1, 0.15) is 4.64 Å². The number of para-hydroxylation sites is 1. The highest BCUT2D eigenvalue weighted by atomic mass is 32.1. The van der Waals surface area contributed by atoms with E-state index >= 15 is 0 Å².